The van der Waals surface area contributed by atoms with Crippen molar-refractivity contribution in [3.63, 3.8) is 0 Å². The maximum Gasteiger partial charge on any atom is 0.233 e. The molecule has 5 nitrogen and oxygen atoms in total. The molecular formula is C18H17FN2O3. The van der Waals surface area contributed by atoms with Crippen LogP contribution in [0.25, 0.3) is 0 Å². The maximum atomic E-state index is 13.8. The summed E-state index contributed by atoms with van der Waals surface area (Å²) in [7, 11) is 1.40. The third-order valence-corrected chi connectivity index (χ3v) is 4.10. The van der Waals surface area contributed by atoms with Crippen LogP contribution in [0.3, 0.4) is 0 Å². The topological polar surface area (TPSA) is 59.5 Å². The minimum absolute atomic E-state index is 0.146. The molecule has 24 heavy (non-hydrogen) atoms. The Kier molecular flexibility index (Phi) is 4.55. The Balaban J connectivity index is 1.71. The minimum atomic E-state index is -0.473. The molecule has 1 atom stereocenters. The summed E-state index contributed by atoms with van der Waals surface area (Å²) in [6, 6.07) is 8.17. The molecule has 1 unspecified atom stereocenters. The van der Waals surface area contributed by atoms with Crippen molar-refractivity contribution in [2.45, 2.75) is 19.4 Å². The zero-order chi connectivity index (χ0) is 17.1. The number of halogens is 1. The number of carbonyl (C=O) groups is 2. The number of benzene rings is 1. The van der Waals surface area contributed by atoms with Crippen molar-refractivity contribution < 1.29 is 18.7 Å². The summed E-state index contributed by atoms with van der Waals surface area (Å²) in [6.45, 7) is 0.221. The number of rotatable bonds is 5. The van der Waals surface area contributed by atoms with Crippen molar-refractivity contribution >= 4 is 11.8 Å². The number of likely N-dealkylation sites (tertiary alicyclic amines) is 1. The average Bonchev–Trinajstić information content (AvgIpc) is 2.84. The number of hydrogen-bond acceptors (Lipinski definition) is 4. The number of amides is 2. The maximum absolute atomic E-state index is 13.8. The average molecular weight is 328 g/mol. The lowest BCUT2D eigenvalue weighted by molar-refractivity contribution is -0.140. The number of hydrogen-bond donors (Lipinski definition) is 0. The lowest BCUT2D eigenvalue weighted by Gasteiger charge is -2.15. The number of carbonyl (C=O) groups excluding carboxylic acids is 2. The molecule has 6 heteroatoms. The highest BCUT2D eigenvalue weighted by molar-refractivity contribution is 6.03. The van der Waals surface area contributed by atoms with E-state index in [2.05, 4.69) is 4.98 Å². The van der Waals surface area contributed by atoms with Crippen LogP contribution in [-0.2, 0) is 22.6 Å². The smallest absolute Gasteiger partial charge is 0.233 e. The van der Waals surface area contributed by atoms with Gasteiger partial charge in [0.2, 0.25) is 11.8 Å². The third-order valence-electron chi connectivity index (χ3n) is 4.10. The molecule has 1 aromatic heterocycles. The van der Waals surface area contributed by atoms with Crippen molar-refractivity contribution in [2.75, 3.05) is 7.11 Å². The van der Waals surface area contributed by atoms with E-state index in [1.54, 1.807) is 24.5 Å². The molecule has 1 aromatic carbocycles. The normalized spacial score (nSPS) is 17.4. The molecule has 2 heterocycles. The van der Waals surface area contributed by atoms with Gasteiger partial charge in [-0.15, -0.1) is 0 Å². The molecule has 0 aliphatic carbocycles. The summed E-state index contributed by atoms with van der Waals surface area (Å²) in [5.74, 6) is -1.20. The summed E-state index contributed by atoms with van der Waals surface area (Å²) in [6.07, 6.45) is 3.74. The van der Waals surface area contributed by atoms with Crippen molar-refractivity contribution in [1.29, 1.82) is 0 Å². The molecule has 0 bridgehead atoms. The molecule has 3 rings (SSSR count). The molecule has 1 aliphatic rings. The highest BCUT2D eigenvalue weighted by Crippen LogP contribution is 2.27. The van der Waals surface area contributed by atoms with Gasteiger partial charge in [0.15, 0.2) is 11.6 Å². The predicted octanol–water partition coefficient (Wildman–Crippen LogP) is 2.35. The first-order valence-corrected chi connectivity index (χ1v) is 7.64. The van der Waals surface area contributed by atoms with Gasteiger partial charge >= 0.3 is 0 Å². The second kappa shape index (κ2) is 6.78. The minimum Gasteiger partial charge on any atom is -0.494 e. The van der Waals surface area contributed by atoms with Crippen LogP contribution in [0.2, 0.25) is 0 Å². The highest BCUT2D eigenvalue weighted by atomic mass is 19.1. The highest BCUT2D eigenvalue weighted by Gasteiger charge is 2.38. The monoisotopic (exact) mass is 328 g/mol. The van der Waals surface area contributed by atoms with Gasteiger partial charge in [-0.1, -0.05) is 12.1 Å². The van der Waals surface area contributed by atoms with Crippen molar-refractivity contribution in [3.8, 4) is 5.75 Å². The first-order chi connectivity index (χ1) is 11.6. The number of methoxy groups -OCH3 is 1. The predicted molar refractivity (Wildman–Crippen MR) is 84.6 cm³/mol. The fourth-order valence-electron chi connectivity index (χ4n) is 2.87. The summed E-state index contributed by atoms with van der Waals surface area (Å²) < 4.78 is 18.6. The molecule has 2 amide bonds. The lowest BCUT2D eigenvalue weighted by atomic mass is 9.98. The van der Waals surface area contributed by atoms with Gasteiger partial charge in [0.05, 0.1) is 19.6 Å². The fourth-order valence-corrected chi connectivity index (χ4v) is 2.87. The van der Waals surface area contributed by atoms with E-state index in [1.165, 1.54) is 24.1 Å². The Labute approximate surface area is 139 Å². The zero-order valence-electron chi connectivity index (χ0n) is 13.2. The molecule has 0 spiro atoms. The Morgan fingerprint density at radius 2 is 2.12 bits per heavy atom. The summed E-state index contributed by atoms with van der Waals surface area (Å²) in [4.78, 5) is 29.9. The zero-order valence-corrected chi connectivity index (χ0v) is 13.2. The van der Waals surface area contributed by atoms with Crippen LogP contribution in [0.4, 0.5) is 4.39 Å². The van der Waals surface area contributed by atoms with Gasteiger partial charge in [-0.05, 0) is 35.7 Å². The second-order valence-corrected chi connectivity index (χ2v) is 5.75. The van der Waals surface area contributed by atoms with E-state index in [0.717, 1.165) is 5.56 Å². The van der Waals surface area contributed by atoms with Crippen LogP contribution < -0.4 is 4.74 Å². The molecular weight excluding hydrogens is 311 g/mol. The van der Waals surface area contributed by atoms with E-state index >= 15 is 0 Å². The van der Waals surface area contributed by atoms with Crippen LogP contribution in [0.15, 0.2) is 42.7 Å². The van der Waals surface area contributed by atoms with Gasteiger partial charge in [-0.25, -0.2) is 4.39 Å². The summed E-state index contributed by atoms with van der Waals surface area (Å²) >= 11 is 0. The number of ether oxygens (including phenoxy) is 1. The van der Waals surface area contributed by atoms with E-state index in [9.17, 15) is 14.0 Å². The number of pyridine rings is 1. The van der Waals surface area contributed by atoms with E-state index in [1.807, 2.05) is 6.07 Å². The van der Waals surface area contributed by atoms with Crippen LogP contribution >= 0.6 is 0 Å². The lowest BCUT2D eigenvalue weighted by Crippen LogP contribution is -2.30. The van der Waals surface area contributed by atoms with E-state index < -0.39 is 11.7 Å². The number of aromatic nitrogens is 1. The Hall–Kier alpha value is -2.76. The van der Waals surface area contributed by atoms with Crippen LogP contribution in [0.1, 0.15) is 17.5 Å². The third kappa shape index (κ3) is 3.27. The van der Waals surface area contributed by atoms with Gasteiger partial charge in [0, 0.05) is 18.8 Å². The Bertz CT molecular complexity index is 764. The number of imide groups is 1. The van der Waals surface area contributed by atoms with Crippen molar-refractivity contribution in [3.05, 3.63) is 59.7 Å². The van der Waals surface area contributed by atoms with Gasteiger partial charge < -0.3 is 4.74 Å². The van der Waals surface area contributed by atoms with Gasteiger partial charge in [-0.2, -0.15) is 0 Å². The first kappa shape index (κ1) is 16.1. The molecule has 0 radical (unpaired) electrons. The van der Waals surface area contributed by atoms with Gasteiger partial charge in [0.25, 0.3) is 0 Å². The quantitative estimate of drug-likeness (QED) is 0.791. The molecule has 1 aliphatic heterocycles. The molecule has 1 saturated heterocycles. The van der Waals surface area contributed by atoms with Crippen molar-refractivity contribution in [2.24, 2.45) is 5.92 Å². The standard InChI is InChI=1S/C18H17FN2O3/c1-24-16-5-4-12(8-15(16)19)7-14-9-17(22)21(18(14)23)11-13-3-2-6-20-10-13/h2-6,8,10,14H,7,9,11H2,1H3. The SMILES string of the molecule is COc1ccc(CC2CC(=O)N(Cc3cccnc3)C2=O)cc1F. The fraction of sp³-hybridized carbons (Fsp3) is 0.278. The largest absolute Gasteiger partial charge is 0.494 e. The van der Waals surface area contributed by atoms with Crippen LogP contribution in [0, 0.1) is 11.7 Å². The van der Waals surface area contributed by atoms with Crippen LogP contribution in [0.5, 0.6) is 5.75 Å². The molecule has 1 fully saturated rings. The van der Waals surface area contributed by atoms with Crippen LogP contribution in [-0.4, -0.2) is 28.8 Å². The molecule has 124 valence electrons. The Morgan fingerprint density at radius 1 is 1.29 bits per heavy atom. The molecule has 0 saturated carbocycles. The second-order valence-electron chi connectivity index (χ2n) is 5.75. The summed E-state index contributed by atoms with van der Waals surface area (Å²) in [5, 5.41) is 0. The summed E-state index contributed by atoms with van der Waals surface area (Å²) in [5.41, 5.74) is 1.47. The molecule has 0 N–H and O–H groups in total. The van der Waals surface area contributed by atoms with E-state index in [4.69, 9.17) is 4.74 Å². The van der Waals surface area contributed by atoms with E-state index in [-0.39, 0.29) is 30.5 Å². The van der Waals surface area contributed by atoms with Gasteiger partial charge in [0.1, 0.15) is 0 Å². The van der Waals surface area contributed by atoms with Crippen molar-refractivity contribution in [1.82, 2.24) is 9.88 Å². The van der Waals surface area contributed by atoms with Gasteiger partial charge in [-0.3, -0.25) is 19.5 Å². The molecule has 2 aromatic rings. The Morgan fingerprint density at radius 3 is 2.79 bits per heavy atom. The first-order valence-electron chi connectivity index (χ1n) is 7.64. The number of nitrogens with zero attached hydrogens (tertiary/aromatic N) is 2. The van der Waals surface area contributed by atoms with E-state index in [0.29, 0.717) is 12.0 Å².